The maximum absolute atomic E-state index is 2.37. The Kier molecular flexibility index (Phi) is 3.31. The first-order chi connectivity index (χ1) is 4.61. The Morgan fingerprint density at radius 1 is 1.10 bits per heavy atom. The first kappa shape index (κ1) is 9.13. The molecule has 0 amide bonds. The molecule has 1 aliphatic heterocycles. The summed E-state index contributed by atoms with van der Waals surface area (Å²) in [6.45, 7) is 2.31. The fourth-order valence-electron chi connectivity index (χ4n) is 0.869. The molecule has 1 rings (SSSR count). The van der Waals surface area contributed by atoms with Gasteiger partial charge in [0.25, 0.3) is 0 Å². The topological polar surface area (TPSA) is 6.48 Å². The van der Waals surface area contributed by atoms with Crippen LogP contribution in [-0.2, 0) is 38.7 Å². The fraction of sp³-hybridized carbons (Fsp3) is 0.667. The molecule has 2 nitrogen and oxygen atoms in total. The molecule has 1 heterocycles. The minimum atomic E-state index is 1.16. The van der Waals surface area contributed by atoms with Gasteiger partial charge in [0, 0.05) is 0 Å². The summed E-state index contributed by atoms with van der Waals surface area (Å²) in [6.07, 6.45) is 0. The molecule has 0 unspecified atom stereocenters. The number of rotatable bonds is 0. The molecule has 10 heavy (non-hydrogen) atoms. The standard InChI is InChI=1S/C6H10N2.2W/c1-7-3-5-8(2)6-4-7;;/h3-4H2,1-2H3;;. The van der Waals surface area contributed by atoms with Crippen molar-refractivity contribution in [3.63, 3.8) is 0 Å². The molecule has 56 valence electrons. The zero-order chi connectivity index (χ0) is 7.72. The van der Waals surface area contributed by atoms with Crippen LogP contribution in [0, 0.1) is 0 Å². The van der Waals surface area contributed by atoms with Crippen LogP contribution in [0.4, 0.5) is 0 Å². The Labute approximate surface area is 83.4 Å². The van der Waals surface area contributed by atoms with Crippen LogP contribution in [0.3, 0.4) is 0 Å². The Morgan fingerprint density at radius 3 is 1.90 bits per heavy atom. The van der Waals surface area contributed by atoms with E-state index in [1.165, 1.54) is 0 Å². The van der Waals surface area contributed by atoms with Gasteiger partial charge in [0.2, 0.25) is 0 Å². The maximum atomic E-state index is 2.37. The van der Waals surface area contributed by atoms with E-state index in [2.05, 4.69) is 23.9 Å². The quantitative estimate of drug-likeness (QED) is 0.452. The summed E-state index contributed by atoms with van der Waals surface area (Å²) in [5.74, 6) is 0. The van der Waals surface area contributed by atoms with Crippen LogP contribution in [0.15, 0.2) is 0 Å². The molecule has 0 aliphatic carbocycles. The Balaban J connectivity index is 2.66. The number of nitrogens with zero attached hydrogens (tertiary/aromatic N) is 2. The molecule has 0 aromatic rings. The summed E-state index contributed by atoms with van der Waals surface area (Å²) < 4.78 is 3.08. The zero-order valence-electron chi connectivity index (χ0n) is 6.13. The Morgan fingerprint density at radius 2 is 1.50 bits per heavy atom. The van der Waals surface area contributed by atoms with Crippen molar-refractivity contribution in [2.75, 3.05) is 27.2 Å². The molecule has 1 saturated heterocycles. The molecule has 1 aliphatic rings. The van der Waals surface area contributed by atoms with Gasteiger partial charge < -0.3 is 0 Å². The van der Waals surface area contributed by atoms with Crippen molar-refractivity contribution in [1.29, 1.82) is 0 Å². The third-order valence-electron chi connectivity index (χ3n) is 1.56. The van der Waals surface area contributed by atoms with Gasteiger partial charge in [-0.1, -0.05) is 0 Å². The van der Waals surface area contributed by atoms with Gasteiger partial charge in [-0.2, -0.15) is 0 Å². The van der Waals surface area contributed by atoms with Crippen molar-refractivity contribution >= 4 is 8.04 Å². The normalized spacial score (nSPS) is 23.8. The first-order valence-electron chi connectivity index (χ1n) is 3.09. The molecular formula is C6H10N2W2. The molecule has 0 radical (unpaired) electrons. The second-order valence-corrected chi connectivity index (χ2v) is 5.90. The van der Waals surface area contributed by atoms with Crippen LogP contribution in [0.1, 0.15) is 0 Å². The van der Waals surface area contributed by atoms with Gasteiger partial charge >= 0.3 is 83.7 Å². The summed E-state index contributed by atoms with van der Waals surface area (Å²) in [7, 11) is 4.36. The summed E-state index contributed by atoms with van der Waals surface area (Å²) in [6, 6.07) is 0. The molecule has 0 aromatic heterocycles. The monoisotopic (exact) mass is 478 g/mol. The molecule has 0 spiro atoms. The van der Waals surface area contributed by atoms with E-state index in [0.29, 0.717) is 0 Å². The van der Waals surface area contributed by atoms with Gasteiger partial charge in [-0.05, 0) is 0 Å². The molecule has 4 heteroatoms. The fourth-order valence-corrected chi connectivity index (χ4v) is 4.15. The summed E-state index contributed by atoms with van der Waals surface area (Å²) in [5.41, 5.74) is 0. The molecule has 0 saturated carbocycles. The summed E-state index contributed by atoms with van der Waals surface area (Å²) in [5, 5.41) is 0. The van der Waals surface area contributed by atoms with Gasteiger partial charge in [-0.25, -0.2) is 0 Å². The summed E-state index contributed by atoms with van der Waals surface area (Å²) in [4.78, 5) is 4.72. The molecule has 0 N–H and O–H groups in total. The van der Waals surface area contributed by atoms with Crippen molar-refractivity contribution in [1.82, 2.24) is 9.80 Å². The molecule has 1 fully saturated rings. The average Bonchev–Trinajstić information content (AvgIpc) is 1.82. The SMILES string of the molecule is CN1C[C](=[W])N(C)[C](=[W])C1. The van der Waals surface area contributed by atoms with E-state index in [0.717, 1.165) is 13.1 Å². The van der Waals surface area contributed by atoms with Crippen LogP contribution in [0.5, 0.6) is 0 Å². The third kappa shape index (κ3) is 2.01. The van der Waals surface area contributed by atoms with E-state index in [1.807, 2.05) is 0 Å². The third-order valence-corrected chi connectivity index (χ3v) is 4.45. The van der Waals surface area contributed by atoms with Crippen LogP contribution < -0.4 is 0 Å². The molecule has 0 atom stereocenters. The first-order valence-corrected chi connectivity index (χ1v) is 6.02. The average molecular weight is 478 g/mol. The van der Waals surface area contributed by atoms with Gasteiger partial charge in [-0.15, -0.1) is 0 Å². The van der Waals surface area contributed by atoms with Crippen molar-refractivity contribution in [2.45, 2.75) is 0 Å². The Bertz CT molecular complexity index is 161. The molecular weight excluding hydrogens is 468 g/mol. The van der Waals surface area contributed by atoms with Crippen molar-refractivity contribution < 1.29 is 38.7 Å². The molecule has 0 aromatic carbocycles. The number of hydrogen-bond acceptors (Lipinski definition) is 2. The van der Waals surface area contributed by atoms with E-state index in [-0.39, 0.29) is 0 Å². The van der Waals surface area contributed by atoms with Crippen LogP contribution in [-0.4, -0.2) is 45.0 Å². The van der Waals surface area contributed by atoms with Crippen molar-refractivity contribution in [3.8, 4) is 0 Å². The molecule has 0 bridgehead atoms. The van der Waals surface area contributed by atoms with E-state index in [9.17, 15) is 0 Å². The van der Waals surface area contributed by atoms with E-state index < -0.39 is 0 Å². The predicted octanol–water partition coefficient (Wildman–Crippen LogP) is -0.783. The number of piperazine rings is 1. The van der Waals surface area contributed by atoms with Gasteiger partial charge in [0.15, 0.2) is 0 Å². The van der Waals surface area contributed by atoms with E-state index >= 15 is 0 Å². The minimum absolute atomic E-state index is 1.16. The summed E-state index contributed by atoms with van der Waals surface area (Å²) >= 11 is 3.20. The van der Waals surface area contributed by atoms with E-state index in [1.54, 1.807) is 46.8 Å². The van der Waals surface area contributed by atoms with Crippen molar-refractivity contribution in [2.24, 2.45) is 0 Å². The van der Waals surface area contributed by atoms with Gasteiger partial charge in [-0.3, -0.25) is 0 Å². The van der Waals surface area contributed by atoms with Crippen LogP contribution in [0.25, 0.3) is 0 Å². The predicted molar refractivity (Wildman–Crippen MR) is 35.3 cm³/mol. The van der Waals surface area contributed by atoms with Crippen LogP contribution >= 0.6 is 0 Å². The van der Waals surface area contributed by atoms with Gasteiger partial charge in [0.05, 0.1) is 0 Å². The van der Waals surface area contributed by atoms with Gasteiger partial charge in [0.1, 0.15) is 0 Å². The Hall–Kier alpha value is 1.04. The zero-order valence-corrected chi connectivity index (χ0v) is 12.0. The van der Waals surface area contributed by atoms with Crippen LogP contribution in [0.2, 0.25) is 0 Å². The second kappa shape index (κ2) is 3.62. The van der Waals surface area contributed by atoms with Crippen molar-refractivity contribution in [3.05, 3.63) is 0 Å². The number of likely N-dealkylation sites (N-methyl/N-ethyl adjacent to an activating group) is 2. The number of hydrogen-bond donors (Lipinski definition) is 0. The van der Waals surface area contributed by atoms with E-state index in [4.69, 9.17) is 0 Å². The second-order valence-electron chi connectivity index (χ2n) is 2.52.